The highest BCUT2D eigenvalue weighted by molar-refractivity contribution is 5.11. The molecule has 3 nitrogen and oxygen atoms in total. The topological polar surface area (TPSA) is 60.7 Å². The summed E-state index contributed by atoms with van der Waals surface area (Å²) in [4.78, 5) is 0. The molecule has 4 aliphatic rings. The molecule has 0 saturated heterocycles. The Bertz CT molecular complexity index is 452. The average Bonchev–Trinajstić information content (AvgIpc) is 2.72. The molecule has 0 radical (unpaired) electrons. The lowest BCUT2D eigenvalue weighted by atomic mass is 9.45. The summed E-state index contributed by atoms with van der Waals surface area (Å²) >= 11 is 0. The van der Waals surface area contributed by atoms with Crippen LogP contribution in [-0.4, -0.2) is 33.6 Å². The molecule has 126 valence electrons. The van der Waals surface area contributed by atoms with E-state index in [0.29, 0.717) is 23.2 Å². The zero-order valence-corrected chi connectivity index (χ0v) is 14.0. The van der Waals surface area contributed by atoms with Gasteiger partial charge in [0.25, 0.3) is 0 Å². The Hall–Kier alpha value is -0.120. The van der Waals surface area contributed by atoms with Gasteiger partial charge in [-0.15, -0.1) is 0 Å². The minimum absolute atomic E-state index is 0.0715. The van der Waals surface area contributed by atoms with Crippen molar-refractivity contribution in [3.05, 3.63) is 0 Å². The second kappa shape index (κ2) is 4.94. The van der Waals surface area contributed by atoms with Gasteiger partial charge in [-0.3, -0.25) is 0 Å². The molecule has 4 aliphatic carbocycles. The molecule has 0 unspecified atom stereocenters. The van der Waals surface area contributed by atoms with Crippen LogP contribution in [0.5, 0.6) is 0 Å². The van der Waals surface area contributed by atoms with Crippen LogP contribution in [0.1, 0.15) is 65.2 Å². The van der Waals surface area contributed by atoms with E-state index in [2.05, 4.69) is 13.8 Å². The van der Waals surface area contributed by atoms with E-state index in [1.54, 1.807) is 0 Å². The lowest BCUT2D eigenvalue weighted by Gasteiger charge is -2.60. The molecule has 22 heavy (non-hydrogen) atoms. The fourth-order valence-electron chi connectivity index (χ4n) is 7.22. The Labute approximate surface area is 134 Å². The Balaban J connectivity index is 1.63. The third kappa shape index (κ3) is 1.91. The summed E-state index contributed by atoms with van der Waals surface area (Å²) in [7, 11) is 0. The van der Waals surface area contributed by atoms with Crippen LogP contribution < -0.4 is 0 Å². The lowest BCUT2D eigenvalue weighted by molar-refractivity contribution is -0.135. The zero-order chi connectivity index (χ0) is 15.7. The summed E-state index contributed by atoms with van der Waals surface area (Å²) in [6.07, 6.45) is 7.49. The SMILES string of the molecule is C[C@]12CC[C@@H](O)C[C@@H]1CC[C@@H]1[C@H]2CC[C@@]2(C)[C@@H]1C[C@@H](O)[C@@H]2O. The van der Waals surface area contributed by atoms with Gasteiger partial charge in [0.15, 0.2) is 0 Å². The van der Waals surface area contributed by atoms with E-state index in [9.17, 15) is 15.3 Å². The van der Waals surface area contributed by atoms with Crippen molar-refractivity contribution in [1.29, 1.82) is 0 Å². The van der Waals surface area contributed by atoms with Gasteiger partial charge in [0.2, 0.25) is 0 Å². The van der Waals surface area contributed by atoms with E-state index in [4.69, 9.17) is 0 Å². The molecule has 0 aliphatic heterocycles. The van der Waals surface area contributed by atoms with E-state index >= 15 is 0 Å². The van der Waals surface area contributed by atoms with Gasteiger partial charge in [-0.1, -0.05) is 13.8 Å². The molecular weight excluding hydrogens is 276 g/mol. The third-order valence-corrected chi connectivity index (χ3v) is 8.61. The van der Waals surface area contributed by atoms with Crippen molar-refractivity contribution < 1.29 is 15.3 Å². The highest BCUT2D eigenvalue weighted by Crippen LogP contribution is 2.66. The summed E-state index contributed by atoms with van der Waals surface area (Å²) in [6.45, 7) is 4.69. The van der Waals surface area contributed by atoms with Gasteiger partial charge < -0.3 is 15.3 Å². The molecule has 4 rings (SSSR count). The molecule has 0 amide bonds. The predicted molar refractivity (Wildman–Crippen MR) is 85.1 cm³/mol. The molecule has 0 heterocycles. The van der Waals surface area contributed by atoms with Crippen molar-refractivity contribution in [2.24, 2.45) is 34.5 Å². The Morgan fingerprint density at radius 3 is 2.27 bits per heavy atom. The standard InChI is InChI=1S/C19H32O3/c1-18-7-5-12(20)9-11(18)3-4-13-14(18)6-8-19(2)15(13)10-16(21)17(19)22/h11-17,20-22H,3-10H2,1-2H3/t11-,12+,13+,14+,15+,16+,17-,18-,19-/m0/s1. The lowest BCUT2D eigenvalue weighted by Crippen LogP contribution is -2.54. The van der Waals surface area contributed by atoms with Crippen LogP contribution in [0.15, 0.2) is 0 Å². The van der Waals surface area contributed by atoms with Crippen LogP contribution in [0.3, 0.4) is 0 Å². The molecule has 4 fully saturated rings. The Morgan fingerprint density at radius 2 is 1.50 bits per heavy atom. The quantitative estimate of drug-likeness (QED) is 0.645. The maximum absolute atomic E-state index is 10.5. The van der Waals surface area contributed by atoms with E-state index in [1.165, 1.54) is 19.3 Å². The summed E-state index contributed by atoms with van der Waals surface area (Å²) in [5.74, 6) is 2.57. The molecule has 0 aromatic carbocycles. The van der Waals surface area contributed by atoms with Crippen LogP contribution in [0.4, 0.5) is 0 Å². The second-order valence-corrected chi connectivity index (χ2v) is 9.38. The first kappa shape index (κ1) is 15.4. The van der Waals surface area contributed by atoms with Crippen molar-refractivity contribution in [3.8, 4) is 0 Å². The number of aliphatic hydroxyl groups excluding tert-OH is 3. The fourth-order valence-corrected chi connectivity index (χ4v) is 7.22. The van der Waals surface area contributed by atoms with Crippen molar-refractivity contribution in [1.82, 2.24) is 0 Å². The molecule has 9 atom stereocenters. The number of rotatable bonds is 0. The first-order chi connectivity index (χ1) is 10.4. The number of aliphatic hydroxyl groups is 3. The maximum atomic E-state index is 10.5. The van der Waals surface area contributed by atoms with Gasteiger partial charge >= 0.3 is 0 Å². The molecule has 4 saturated carbocycles. The molecule has 0 aromatic heterocycles. The Kier molecular flexibility index (Phi) is 3.46. The number of hydrogen-bond acceptors (Lipinski definition) is 3. The average molecular weight is 308 g/mol. The molecular formula is C19H32O3. The second-order valence-electron chi connectivity index (χ2n) is 9.38. The van der Waals surface area contributed by atoms with E-state index in [0.717, 1.165) is 38.0 Å². The highest BCUT2D eigenvalue weighted by atomic mass is 16.3. The Morgan fingerprint density at radius 1 is 0.773 bits per heavy atom. The summed E-state index contributed by atoms with van der Waals surface area (Å²) in [6, 6.07) is 0. The maximum Gasteiger partial charge on any atom is 0.0855 e. The fraction of sp³-hybridized carbons (Fsp3) is 1.00. The minimum Gasteiger partial charge on any atom is -0.393 e. The van der Waals surface area contributed by atoms with Crippen LogP contribution in [-0.2, 0) is 0 Å². The smallest absolute Gasteiger partial charge is 0.0855 e. The van der Waals surface area contributed by atoms with Crippen molar-refractivity contribution in [2.75, 3.05) is 0 Å². The van der Waals surface area contributed by atoms with Crippen LogP contribution in [0.2, 0.25) is 0 Å². The van der Waals surface area contributed by atoms with E-state index in [-0.39, 0.29) is 11.5 Å². The van der Waals surface area contributed by atoms with Crippen LogP contribution >= 0.6 is 0 Å². The third-order valence-electron chi connectivity index (χ3n) is 8.61. The molecule has 0 spiro atoms. The van der Waals surface area contributed by atoms with E-state index in [1.807, 2.05) is 0 Å². The molecule has 0 aromatic rings. The van der Waals surface area contributed by atoms with Crippen molar-refractivity contribution in [3.63, 3.8) is 0 Å². The summed E-state index contributed by atoms with van der Waals surface area (Å²) in [5.41, 5.74) is 0.305. The predicted octanol–water partition coefficient (Wildman–Crippen LogP) is 2.72. The largest absolute Gasteiger partial charge is 0.393 e. The van der Waals surface area contributed by atoms with Gasteiger partial charge in [0, 0.05) is 0 Å². The van der Waals surface area contributed by atoms with Gasteiger partial charge in [0.05, 0.1) is 18.3 Å². The first-order valence-electron chi connectivity index (χ1n) is 9.40. The first-order valence-corrected chi connectivity index (χ1v) is 9.40. The van der Waals surface area contributed by atoms with Gasteiger partial charge in [-0.25, -0.2) is 0 Å². The molecule has 3 heteroatoms. The molecule has 0 bridgehead atoms. The van der Waals surface area contributed by atoms with Gasteiger partial charge in [-0.2, -0.15) is 0 Å². The zero-order valence-electron chi connectivity index (χ0n) is 14.0. The van der Waals surface area contributed by atoms with Crippen molar-refractivity contribution >= 4 is 0 Å². The van der Waals surface area contributed by atoms with Gasteiger partial charge in [0.1, 0.15) is 0 Å². The minimum atomic E-state index is -0.530. The normalized spacial score (nSPS) is 61.2. The monoisotopic (exact) mass is 308 g/mol. The number of hydrogen-bond donors (Lipinski definition) is 3. The summed E-state index contributed by atoms with van der Waals surface area (Å²) < 4.78 is 0. The number of fused-ring (bicyclic) bond motifs is 5. The summed E-state index contributed by atoms with van der Waals surface area (Å²) in [5, 5.41) is 30.8. The van der Waals surface area contributed by atoms with Crippen LogP contribution in [0.25, 0.3) is 0 Å². The highest BCUT2D eigenvalue weighted by Gasteiger charge is 2.61. The molecule has 3 N–H and O–H groups in total. The van der Waals surface area contributed by atoms with Crippen LogP contribution in [0, 0.1) is 34.5 Å². The van der Waals surface area contributed by atoms with E-state index < -0.39 is 12.2 Å². The van der Waals surface area contributed by atoms with Crippen molar-refractivity contribution in [2.45, 2.75) is 83.5 Å². The van der Waals surface area contributed by atoms with Gasteiger partial charge in [-0.05, 0) is 85.9 Å².